The van der Waals surface area contributed by atoms with Crippen LogP contribution in [-0.2, 0) is 4.79 Å². The molecule has 0 radical (unpaired) electrons. The van der Waals surface area contributed by atoms with Gasteiger partial charge in [-0.3, -0.25) is 9.69 Å². The van der Waals surface area contributed by atoms with Crippen LogP contribution in [0.5, 0.6) is 0 Å². The van der Waals surface area contributed by atoms with E-state index in [4.69, 9.17) is 0 Å². The van der Waals surface area contributed by atoms with Gasteiger partial charge in [0.2, 0.25) is 5.91 Å². The molecule has 2 aliphatic heterocycles. The molecular formula is C10H18N2O. The van der Waals surface area contributed by atoms with Crippen LogP contribution in [0.3, 0.4) is 0 Å². The number of carbonyl (C=O) groups excluding carboxylic acids is 1. The Morgan fingerprint density at radius 1 is 1.54 bits per heavy atom. The van der Waals surface area contributed by atoms with E-state index in [0.29, 0.717) is 5.41 Å². The van der Waals surface area contributed by atoms with Crippen LogP contribution in [0.15, 0.2) is 0 Å². The van der Waals surface area contributed by atoms with Crippen LogP contribution in [0, 0.1) is 5.41 Å². The van der Waals surface area contributed by atoms with Crippen LogP contribution in [0.25, 0.3) is 0 Å². The van der Waals surface area contributed by atoms with Gasteiger partial charge in [0, 0.05) is 13.1 Å². The maximum atomic E-state index is 11.4. The van der Waals surface area contributed by atoms with Gasteiger partial charge < -0.3 is 5.32 Å². The molecule has 2 rings (SSSR count). The molecule has 2 heterocycles. The Kier molecular flexibility index (Phi) is 2.06. The Balaban J connectivity index is 1.99. The summed E-state index contributed by atoms with van der Waals surface area (Å²) < 4.78 is 0. The highest BCUT2D eigenvalue weighted by molar-refractivity contribution is 5.83. The normalized spacial score (nSPS) is 33.7. The van der Waals surface area contributed by atoms with Crippen LogP contribution in [-0.4, -0.2) is 36.5 Å². The molecule has 2 aliphatic rings. The second-order valence-electron chi connectivity index (χ2n) is 4.98. The summed E-state index contributed by atoms with van der Waals surface area (Å²) in [4.78, 5) is 13.8. The van der Waals surface area contributed by atoms with Crippen molar-refractivity contribution in [3.63, 3.8) is 0 Å². The molecule has 13 heavy (non-hydrogen) atoms. The summed E-state index contributed by atoms with van der Waals surface area (Å²) in [6, 6.07) is 0.168. The fraction of sp³-hybridized carbons (Fsp3) is 0.900. The molecular weight excluding hydrogens is 164 g/mol. The van der Waals surface area contributed by atoms with Gasteiger partial charge in [-0.1, -0.05) is 13.8 Å². The van der Waals surface area contributed by atoms with Gasteiger partial charge in [-0.05, 0) is 24.8 Å². The summed E-state index contributed by atoms with van der Waals surface area (Å²) in [6.45, 7) is 7.58. The number of hydrogen-bond acceptors (Lipinski definition) is 2. The number of nitrogens with zero attached hydrogens (tertiary/aromatic N) is 1. The molecule has 0 aromatic heterocycles. The van der Waals surface area contributed by atoms with E-state index in [0.717, 1.165) is 26.1 Å². The number of nitrogens with one attached hydrogen (secondary N) is 1. The quantitative estimate of drug-likeness (QED) is 0.644. The Labute approximate surface area is 79.5 Å². The lowest BCUT2D eigenvalue weighted by Crippen LogP contribution is -2.39. The molecule has 2 fully saturated rings. The van der Waals surface area contributed by atoms with Crippen molar-refractivity contribution in [2.24, 2.45) is 5.41 Å². The van der Waals surface area contributed by atoms with E-state index >= 15 is 0 Å². The molecule has 3 heteroatoms. The first-order valence-corrected chi connectivity index (χ1v) is 5.10. The van der Waals surface area contributed by atoms with Gasteiger partial charge in [0.15, 0.2) is 0 Å². The summed E-state index contributed by atoms with van der Waals surface area (Å²) >= 11 is 0. The molecule has 0 spiro atoms. The Morgan fingerprint density at radius 2 is 2.31 bits per heavy atom. The van der Waals surface area contributed by atoms with Gasteiger partial charge in [0.1, 0.15) is 0 Å². The van der Waals surface area contributed by atoms with Crippen LogP contribution < -0.4 is 5.32 Å². The SMILES string of the molecule is CC1(C)CCN(C2CCNC2=O)C1. The van der Waals surface area contributed by atoms with Crippen molar-refractivity contribution in [3.05, 3.63) is 0 Å². The average molecular weight is 182 g/mol. The molecule has 0 bridgehead atoms. The highest BCUT2D eigenvalue weighted by atomic mass is 16.2. The molecule has 0 aliphatic carbocycles. The Hall–Kier alpha value is -0.570. The van der Waals surface area contributed by atoms with Gasteiger partial charge in [-0.15, -0.1) is 0 Å². The first-order chi connectivity index (χ1) is 6.08. The average Bonchev–Trinajstić information content (AvgIpc) is 2.56. The monoisotopic (exact) mass is 182 g/mol. The number of amides is 1. The molecule has 0 aromatic carbocycles. The largest absolute Gasteiger partial charge is 0.355 e. The van der Waals surface area contributed by atoms with Crippen LogP contribution >= 0.6 is 0 Å². The molecule has 1 N–H and O–H groups in total. The standard InChI is InChI=1S/C10H18N2O/c1-10(2)4-6-12(7-10)8-3-5-11-9(8)13/h8H,3-7H2,1-2H3,(H,11,13). The van der Waals surface area contributed by atoms with Gasteiger partial charge in [-0.2, -0.15) is 0 Å². The topological polar surface area (TPSA) is 32.3 Å². The molecule has 1 amide bonds. The van der Waals surface area contributed by atoms with Crippen molar-refractivity contribution in [2.75, 3.05) is 19.6 Å². The van der Waals surface area contributed by atoms with Crippen molar-refractivity contribution in [3.8, 4) is 0 Å². The zero-order chi connectivity index (χ0) is 9.47. The second-order valence-corrected chi connectivity index (χ2v) is 4.98. The summed E-state index contributed by atoms with van der Waals surface area (Å²) in [5, 5.41) is 2.89. The lowest BCUT2D eigenvalue weighted by molar-refractivity contribution is -0.123. The molecule has 0 aromatic rings. The van der Waals surface area contributed by atoms with Crippen molar-refractivity contribution < 1.29 is 4.79 Å². The lowest BCUT2D eigenvalue weighted by Gasteiger charge is -2.23. The van der Waals surface area contributed by atoms with E-state index in [2.05, 4.69) is 24.1 Å². The maximum Gasteiger partial charge on any atom is 0.237 e. The molecule has 74 valence electrons. The molecule has 0 saturated carbocycles. The Morgan fingerprint density at radius 3 is 2.77 bits per heavy atom. The van der Waals surface area contributed by atoms with Gasteiger partial charge in [0.05, 0.1) is 6.04 Å². The van der Waals surface area contributed by atoms with Crippen LogP contribution in [0.4, 0.5) is 0 Å². The summed E-state index contributed by atoms with van der Waals surface area (Å²) in [5.41, 5.74) is 0.406. The minimum Gasteiger partial charge on any atom is -0.355 e. The van der Waals surface area contributed by atoms with E-state index in [9.17, 15) is 4.79 Å². The minimum atomic E-state index is 0.168. The van der Waals surface area contributed by atoms with Gasteiger partial charge >= 0.3 is 0 Å². The van der Waals surface area contributed by atoms with Crippen molar-refractivity contribution in [1.29, 1.82) is 0 Å². The van der Waals surface area contributed by atoms with E-state index in [-0.39, 0.29) is 11.9 Å². The predicted molar refractivity (Wildman–Crippen MR) is 51.4 cm³/mol. The van der Waals surface area contributed by atoms with Crippen LogP contribution in [0.2, 0.25) is 0 Å². The summed E-state index contributed by atoms with van der Waals surface area (Å²) in [7, 11) is 0. The predicted octanol–water partition coefficient (Wildman–Crippen LogP) is 0.607. The minimum absolute atomic E-state index is 0.168. The van der Waals surface area contributed by atoms with Crippen molar-refractivity contribution in [1.82, 2.24) is 10.2 Å². The number of rotatable bonds is 1. The molecule has 2 saturated heterocycles. The van der Waals surface area contributed by atoms with E-state index in [1.165, 1.54) is 6.42 Å². The lowest BCUT2D eigenvalue weighted by atomic mass is 9.93. The third-order valence-corrected chi connectivity index (χ3v) is 3.17. The zero-order valence-corrected chi connectivity index (χ0v) is 8.47. The third-order valence-electron chi connectivity index (χ3n) is 3.17. The van der Waals surface area contributed by atoms with Crippen molar-refractivity contribution in [2.45, 2.75) is 32.7 Å². The molecule has 3 nitrogen and oxygen atoms in total. The first kappa shape index (κ1) is 9.00. The molecule has 1 atom stereocenters. The first-order valence-electron chi connectivity index (χ1n) is 5.10. The van der Waals surface area contributed by atoms with Gasteiger partial charge in [0.25, 0.3) is 0 Å². The smallest absolute Gasteiger partial charge is 0.237 e. The maximum absolute atomic E-state index is 11.4. The van der Waals surface area contributed by atoms with Gasteiger partial charge in [-0.25, -0.2) is 0 Å². The second kappa shape index (κ2) is 2.98. The van der Waals surface area contributed by atoms with E-state index in [1.807, 2.05) is 0 Å². The third kappa shape index (κ3) is 1.70. The van der Waals surface area contributed by atoms with Crippen LogP contribution in [0.1, 0.15) is 26.7 Å². The van der Waals surface area contributed by atoms with E-state index in [1.54, 1.807) is 0 Å². The highest BCUT2D eigenvalue weighted by Gasteiger charge is 2.37. The zero-order valence-electron chi connectivity index (χ0n) is 8.47. The molecule has 1 unspecified atom stereocenters. The number of likely N-dealkylation sites (tertiary alicyclic amines) is 1. The fourth-order valence-corrected chi connectivity index (χ4v) is 2.35. The van der Waals surface area contributed by atoms with Crippen molar-refractivity contribution >= 4 is 5.91 Å². The fourth-order valence-electron chi connectivity index (χ4n) is 2.35. The number of carbonyl (C=O) groups is 1. The highest BCUT2D eigenvalue weighted by Crippen LogP contribution is 2.31. The Bertz CT molecular complexity index is 225. The number of hydrogen-bond donors (Lipinski definition) is 1. The summed E-state index contributed by atoms with van der Waals surface area (Å²) in [5.74, 6) is 0.234. The summed E-state index contributed by atoms with van der Waals surface area (Å²) in [6.07, 6.45) is 2.21. The van der Waals surface area contributed by atoms with E-state index < -0.39 is 0 Å².